The minimum Gasteiger partial charge on any atom is -0.495 e. The molecule has 1 aromatic heterocycles. The van der Waals surface area contributed by atoms with E-state index < -0.39 is 0 Å². The van der Waals surface area contributed by atoms with Gasteiger partial charge in [0.1, 0.15) is 18.1 Å². The summed E-state index contributed by atoms with van der Waals surface area (Å²) < 4.78 is 13.8. The molecule has 1 heterocycles. The van der Waals surface area contributed by atoms with Crippen LogP contribution in [0.25, 0.3) is 0 Å². The van der Waals surface area contributed by atoms with Crippen LogP contribution in [-0.4, -0.2) is 16.9 Å². The molecule has 0 radical (unpaired) electrons. The van der Waals surface area contributed by atoms with Crippen molar-refractivity contribution in [2.45, 2.75) is 27.0 Å². The van der Waals surface area contributed by atoms with Crippen LogP contribution in [0.4, 0.5) is 5.69 Å². The lowest BCUT2D eigenvalue weighted by atomic mass is 10.3. The van der Waals surface area contributed by atoms with Gasteiger partial charge in [0.25, 0.3) is 0 Å². The summed E-state index contributed by atoms with van der Waals surface area (Å²) in [7, 11) is 1.59. The fraction of sp³-hybridized carbons (Fsp3) is 0.357. The van der Waals surface area contributed by atoms with Gasteiger partial charge < -0.3 is 15.2 Å². The SMILES string of the molecule is CCn1nc(C)c(Br)c1COc1ccc(OC)c(N)c1. The summed E-state index contributed by atoms with van der Waals surface area (Å²) in [5, 5.41) is 4.43. The van der Waals surface area contributed by atoms with Crippen LogP contribution in [0, 0.1) is 6.92 Å². The number of hydrogen-bond acceptors (Lipinski definition) is 4. The van der Waals surface area contributed by atoms with E-state index in [1.165, 1.54) is 0 Å². The first-order chi connectivity index (χ1) is 9.56. The lowest BCUT2D eigenvalue weighted by molar-refractivity contribution is 0.291. The Morgan fingerprint density at radius 1 is 1.40 bits per heavy atom. The highest BCUT2D eigenvalue weighted by atomic mass is 79.9. The molecule has 0 saturated heterocycles. The molecule has 0 saturated carbocycles. The molecule has 0 unspecified atom stereocenters. The number of nitrogens with zero attached hydrogens (tertiary/aromatic N) is 2. The standard InChI is InChI=1S/C14H18BrN3O2/c1-4-18-12(14(15)9(2)17-18)8-20-10-5-6-13(19-3)11(16)7-10/h5-7H,4,8,16H2,1-3H3. The maximum atomic E-state index is 5.86. The number of methoxy groups -OCH3 is 1. The number of anilines is 1. The molecule has 0 bridgehead atoms. The van der Waals surface area contributed by atoms with Crippen molar-refractivity contribution in [2.24, 2.45) is 0 Å². The number of nitrogens with two attached hydrogens (primary N) is 1. The average Bonchev–Trinajstić information content (AvgIpc) is 2.72. The van der Waals surface area contributed by atoms with Crippen LogP contribution >= 0.6 is 15.9 Å². The van der Waals surface area contributed by atoms with Crippen LogP contribution in [0.3, 0.4) is 0 Å². The summed E-state index contributed by atoms with van der Waals surface area (Å²) in [6.07, 6.45) is 0. The number of aryl methyl sites for hydroxylation is 2. The first-order valence-corrected chi connectivity index (χ1v) is 7.14. The summed E-state index contributed by atoms with van der Waals surface area (Å²) in [6.45, 7) is 5.25. The molecule has 2 aromatic rings. The molecular weight excluding hydrogens is 322 g/mol. The van der Waals surface area contributed by atoms with E-state index in [0.29, 0.717) is 23.8 Å². The second-order valence-corrected chi connectivity index (χ2v) is 5.15. The Bertz CT molecular complexity index is 611. The van der Waals surface area contributed by atoms with Gasteiger partial charge in [-0.25, -0.2) is 0 Å². The van der Waals surface area contributed by atoms with E-state index in [1.807, 2.05) is 24.6 Å². The van der Waals surface area contributed by atoms with Crippen molar-refractivity contribution < 1.29 is 9.47 Å². The van der Waals surface area contributed by atoms with Crippen LogP contribution in [0.5, 0.6) is 11.5 Å². The van der Waals surface area contributed by atoms with Crippen LogP contribution in [0.1, 0.15) is 18.3 Å². The van der Waals surface area contributed by atoms with Gasteiger partial charge in [-0.3, -0.25) is 4.68 Å². The molecule has 0 aliphatic rings. The highest BCUT2D eigenvalue weighted by Gasteiger charge is 2.12. The molecule has 2 rings (SSSR count). The molecule has 0 atom stereocenters. The maximum absolute atomic E-state index is 5.86. The Morgan fingerprint density at radius 3 is 2.75 bits per heavy atom. The van der Waals surface area contributed by atoms with Crippen molar-refractivity contribution in [1.29, 1.82) is 0 Å². The van der Waals surface area contributed by atoms with Crippen LogP contribution in [-0.2, 0) is 13.2 Å². The smallest absolute Gasteiger partial charge is 0.142 e. The van der Waals surface area contributed by atoms with Gasteiger partial charge in [0.15, 0.2) is 0 Å². The molecule has 6 heteroatoms. The maximum Gasteiger partial charge on any atom is 0.142 e. The number of benzene rings is 1. The van der Waals surface area contributed by atoms with Crippen molar-refractivity contribution in [3.8, 4) is 11.5 Å². The number of rotatable bonds is 5. The van der Waals surface area contributed by atoms with Crippen molar-refractivity contribution in [2.75, 3.05) is 12.8 Å². The van der Waals surface area contributed by atoms with Crippen molar-refractivity contribution >= 4 is 21.6 Å². The topological polar surface area (TPSA) is 62.3 Å². The third kappa shape index (κ3) is 2.90. The van der Waals surface area contributed by atoms with Crippen molar-refractivity contribution in [1.82, 2.24) is 9.78 Å². The summed E-state index contributed by atoms with van der Waals surface area (Å²) in [5.41, 5.74) is 8.39. The van der Waals surface area contributed by atoms with Crippen LogP contribution in [0.15, 0.2) is 22.7 Å². The van der Waals surface area contributed by atoms with Crippen molar-refractivity contribution in [3.05, 3.63) is 34.1 Å². The Kier molecular flexibility index (Phi) is 4.54. The van der Waals surface area contributed by atoms with Gasteiger partial charge in [-0.05, 0) is 41.9 Å². The molecule has 5 nitrogen and oxygen atoms in total. The molecule has 0 amide bonds. The zero-order valence-corrected chi connectivity index (χ0v) is 13.4. The molecule has 1 aromatic carbocycles. The predicted octanol–water partition coefficient (Wildman–Crippen LogP) is 3.14. The van der Waals surface area contributed by atoms with E-state index in [1.54, 1.807) is 19.2 Å². The summed E-state index contributed by atoms with van der Waals surface area (Å²) in [6, 6.07) is 5.39. The Morgan fingerprint density at radius 2 is 2.15 bits per heavy atom. The minimum absolute atomic E-state index is 0.432. The van der Waals surface area contributed by atoms with E-state index in [9.17, 15) is 0 Å². The lowest BCUT2D eigenvalue weighted by Gasteiger charge is -2.10. The molecule has 0 aliphatic heterocycles. The predicted molar refractivity (Wildman–Crippen MR) is 82.1 cm³/mol. The van der Waals surface area contributed by atoms with Gasteiger partial charge in [0.05, 0.1) is 28.7 Å². The van der Waals surface area contributed by atoms with E-state index in [4.69, 9.17) is 15.2 Å². The largest absolute Gasteiger partial charge is 0.495 e. The Labute approximate surface area is 126 Å². The van der Waals surface area contributed by atoms with Gasteiger partial charge in [0, 0.05) is 12.6 Å². The first kappa shape index (κ1) is 14.7. The van der Waals surface area contributed by atoms with Crippen LogP contribution < -0.4 is 15.2 Å². The van der Waals surface area contributed by atoms with Gasteiger partial charge in [-0.1, -0.05) is 0 Å². The monoisotopic (exact) mass is 339 g/mol. The van der Waals surface area contributed by atoms with E-state index >= 15 is 0 Å². The highest BCUT2D eigenvalue weighted by Crippen LogP contribution is 2.27. The van der Waals surface area contributed by atoms with Crippen molar-refractivity contribution in [3.63, 3.8) is 0 Å². The number of aromatic nitrogens is 2. The number of ether oxygens (including phenoxy) is 2. The molecule has 2 N–H and O–H groups in total. The average molecular weight is 340 g/mol. The minimum atomic E-state index is 0.432. The normalized spacial score (nSPS) is 10.6. The molecule has 0 fully saturated rings. The van der Waals surface area contributed by atoms with E-state index in [0.717, 1.165) is 22.4 Å². The number of halogens is 1. The zero-order valence-electron chi connectivity index (χ0n) is 11.8. The van der Waals surface area contributed by atoms with Gasteiger partial charge in [-0.15, -0.1) is 0 Å². The molecule has 0 spiro atoms. The molecule has 108 valence electrons. The molecular formula is C14H18BrN3O2. The third-order valence-corrected chi connectivity index (χ3v) is 4.06. The lowest BCUT2D eigenvalue weighted by Crippen LogP contribution is -2.06. The summed E-state index contributed by atoms with van der Waals surface area (Å²) >= 11 is 3.54. The number of nitrogen functional groups attached to an aromatic ring is 1. The van der Waals surface area contributed by atoms with E-state index in [-0.39, 0.29) is 0 Å². The quantitative estimate of drug-likeness (QED) is 0.850. The van der Waals surface area contributed by atoms with Crippen LogP contribution in [0.2, 0.25) is 0 Å². The fourth-order valence-electron chi connectivity index (χ4n) is 1.96. The van der Waals surface area contributed by atoms with Gasteiger partial charge in [0.2, 0.25) is 0 Å². The zero-order chi connectivity index (χ0) is 14.7. The van der Waals surface area contributed by atoms with Gasteiger partial charge >= 0.3 is 0 Å². The molecule has 20 heavy (non-hydrogen) atoms. The molecule has 0 aliphatic carbocycles. The second-order valence-electron chi connectivity index (χ2n) is 4.35. The third-order valence-electron chi connectivity index (χ3n) is 3.03. The first-order valence-electron chi connectivity index (χ1n) is 6.34. The second kappa shape index (κ2) is 6.17. The summed E-state index contributed by atoms with van der Waals surface area (Å²) in [5.74, 6) is 1.35. The number of hydrogen-bond donors (Lipinski definition) is 1. The Balaban J connectivity index is 2.14. The van der Waals surface area contributed by atoms with E-state index in [2.05, 4.69) is 21.0 Å². The fourth-order valence-corrected chi connectivity index (χ4v) is 2.36. The van der Waals surface area contributed by atoms with Gasteiger partial charge in [-0.2, -0.15) is 5.10 Å². The summed E-state index contributed by atoms with van der Waals surface area (Å²) in [4.78, 5) is 0. The highest BCUT2D eigenvalue weighted by molar-refractivity contribution is 9.10. The Hall–Kier alpha value is -1.69.